The molecule has 2 amide bonds. The van der Waals surface area contributed by atoms with Crippen molar-refractivity contribution >= 4 is 18.0 Å². The van der Waals surface area contributed by atoms with Crippen molar-refractivity contribution in [3.8, 4) is 11.5 Å². The maximum atomic E-state index is 14.9. The molecule has 0 spiro atoms. The summed E-state index contributed by atoms with van der Waals surface area (Å²) in [5, 5.41) is 4.02. The molecule has 0 aromatic heterocycles. The molecule has 2 aromatic rings. The molecule has 14 heteroatoms. The highest BCUT2D eigenvalue weighted by atomic mass is 19.4. The fourth-order valence-electron chi connectivity index (χ4n) is 3.79. The van der Waals surface area contributed by atoms with Crippen LogP contribution in [0, 0.1) is 17.6 Å². The van der Waals surface area contributed by atoms with Crippen molar-refractivity contribution in [3.05, 3.63) is 71.6 Å². The highest BCUT2D eigenvalue weighted by Gasteiger charge is 2.43. The molecule has 3 rings (SSSR count). The molecule has 0 radical (unpaired) electrons. The molecule has 1 saturated heterocycles. The lowest BCUT2D eigenvalue weighted by atomic mass is 9.88. The van der Waals surface area contributed by atoms with Crippen LogP contribution in [0.25, 0.3) is 0 Å². The Morgan fingerprint density at radius 3 is 2.36 bits per heavy atom. The van der Waals surface area contributed by atoms with E-state index in [-0.39, 0.29) is 17.9 Å². The molecule has 0 saturated carbocycles. The average Bonchev–Trinajstić information content (AvgIpc) is 3.18. The third-order valence-electron chi connectivity index (χ3n) is 5.59. The molecular weight excluding hydrogens is 531 g/mol. The highest BCUT2D eigenvalue weighted by Crippen LogP contribution is 2.36. The second-order valence-corrected chi connectivity index (χ2v) is 8.15. The van der Waals surface area contributed by atoms with E-state index in [1.165, 1.54) is 26.6 Å². The number of nitrogens with zero attached hydrogens (tertiary/aromatic N) is 2. The number of halogens is 5. The number of amides is 2. The number of carbonyl (C=O) groups is 2. The largest absolute Gasteiger partial charge is 0.573 e. The van der Waals surface area contributed by atoms with Crippen LogP contribution in [-0.2, 0) is 9.53 Å². The lowest BCUT2D eigenvalue weighted by Gasteiger charge is -2.17. The maximum Gasteiger partial charge on any atom is 0.573 e. The monoisotopic (exact) mass is 556 g/mol. The van der Waals surface area contributed by atoms with Gasteiger partial charge in [0.2, 0.25) is 5.91 Å². The van der Waals surface area contributed by atoms with Crippen LogP contribution in [-0.4, -0.2) is 63.3 Å². The van der Waals surface area contributed by atoms with Crippen molar-refractivity contribution in [1.29, 1.82) is 0 Å². The molecule has 9 nitrogen and oxygen atoms in total. The Kier molecular flexibility index (Phi) is 9.82. The molecule has 0 bridgehead atoms. The van der Waals surface area contributed by atoms with E-state index in [2.05, 4.69) is 20.5 Å². The van der Waals surface area contributed by atoms with Gasteiger partial charge in [-0.2, -0.15) is 0 Å². The molecule has 1 unspecified atom stereocenters. The molecule has 1 aliphatic heterocycles. The van der Waals surface area contributed by atoms with Crippen LogP contribution >= 0.6 is 0 Å². The number of hydrogen-bond donors (Lipinski definition) is 2. The molecule has 210 valence electrons. The van der Waals surface area contributed by atoms with Crippen LogP contribution in [0.4, 0.5) is 22.0 Å². The summed E-state index contributed by atoms with van der Waals surface area (Å²) in [6.07, 6.45) is -1.02. The molecular formula is C25H25F5N4O5. The Bertz CT molecular complexity index is 1200. The summed E-state index contributed by atoms with van der Waals surface area (Å²) in [6.45, 7) is 0.764. The first-order valence-corrected chi connectivity index (χ1v) is 11.5. The number of hydrogen-bond acceptors (Lipinski definition) is 7. The first kappa shape index (κ1) is 29.4. The van der Waals surface area contributed by atoms with Gasteiger partial charge in [0.15, 0.2) is 0 Å². The SMILES string of the molecule is COCCN/C=C\NN1C[C@@H](c2c(F)cc(OC)cc2F)C(C=NC(=O)c2ccc(OC(F)(F)F)cc2)C1=O. The highest BCUT2D eigenvalue weighted by molar-refractivity contribution is 6.04. The van der Waals surface area contributed by atoms with Gasteiger partial charge in [-0.3, -0.25) is 14.6 Å². The van der Waals surface area contributed by atoms with E-state index in [9.17, 15) is 31.5 Å². The number of hydrazine groups is 1. The predicted molar refractivity (Wildman–Crippen MR) is 129 cm³/mol. The van der Waals surface area contributed by atoms with Crippen LogP contribution in [0.3, 0.4) is 0 Å². The van der Waals surface area contributed by atoms with E-state index in [4.69, 9.17) is 9.47 Å². The van der Waals surface area contributed by atoms with Gasteiger partial charge in [0, 0.05) is 61.4 Å². The van der Waals surface area contributed by atoms with Crippen LogP contribution in [0.15, 0.2) is 53.8 Å². The Balaban J connectivity index is 1.83. The van der Waals surface area contributed by atoms with E-state index >= 15 is 0 Å². The zero-order valence-electron chi connectivity index (χ0n) is 20.8. The van der Waals surface area contributed by atoms with Gasteiger partial charge in [-0.15, -0.1) is 13.2 Å². The predicted octanol–water partition coefficient (Wildman–Crippen LogP) is 3.54. The van der Waals surface area contributed by atoms with Crippen molar-refractivity contribution < 1.29 is 45.8 Å². The lowest BCUT2D eigenvalue weighted by molar-refractivity contribution is -0.274. The smallest absolute Gasteiger partial charge is 0.497 e. The van der Waals surface area contributed by atoms with Crippen LogP contribution in [0.5, 0.6) is 11.5 Å². The quantitative estimate of drug-likeness (QED) is 0.248. The zero-order valence-corrected chi connectivity index (χ0v) is 20.8. The van der Waals surface area contributed by atoms with E-state index in [1.54, 1.807) is 0 Å². The minimum atomic E-state index is -4.90. The topological polar surface area (TPSA) is 101 Å². The number of alkyl halides is 3. The molecule has 2 N–H and O–H groups in total. The van der Waals surface area contributed by atoms with Gasteiger partial charge >= 0.3 is 6.36 Å². The number of benzene rings is 2. The molecule has 1 aliphatic rings. The summed E-state index contributed by atoms with van der Waals surface area (Å²) < 4.78 is 80.4. The van der Waals surface area contributed by atoms with Gasteiger partial charge < -0.3 is 25.0 Å². The summed E-state index contributed by atoms with van der Waals surface area (Å²) in [7, 11) is 2.78. The lowest BCUT2D eigenvalue weighted by Crippen LogP contribution is -2.37. The third-order valence-corrected chi connectivity index (χ3v) is 5.59. The third kappa shape index (κ3) is 7.89. The van der Waals surface area contributed by atoms with E-state index in [0.29, 0.717) is 13.2 Å². The average molecular weight is 556 g/mol. The van der Waals surface area contributed by atoms with Crippen molar-refractivity contribution in [3.63, 3.8) is 0 Å². The molecule has 1 heterocycles. The summed E-state index contributed by atoms with van der Waals surface area (Å²) in [6, 6.07) is 5.94. The van der Waals surface area contributed by atoms with Gasteiger partial charge in [-0.05, 0) is 24.3 Å². The van der Waals surface area contributed by atoms with E-state index in [1.807, 2.05) is 0 Å². The summed E-state index contributed by atoms with van der Waals surface area (Å²) in [4.78, 5) is 29.4. The number of rotatable bonds is 11. The Labute approximate surface area is 220 Å². The number of aliphatic imine (C=N–C) groups is 1. The van der Waals surface area contributed by atoms with Crippen LogP contribution < -0.4 is 20.2 Å². The van der Waals surface area contributed by atoms with Crippen molar-refractivity contribution in [2.75, 3.05) is 33.9 Å². The van der Waals surface area contributed by atoms with Gasteiger partial charge in [0.25, 0.3) is 5.91 Å². The molecule has 2 aromatic carbocycles. The number of methoxy groups -OCH3 is 2. The van der Waals surface area contributed by atoms with Gasteiger partial charge in [0.1, 0.15) is 23.1 Å². The normalized spacial score (nSPS) is 17.7. The van der Waals surface area contributed by atoms with Crippen LogP contribution in [0.2, 0.25) is 0 Å². The van der Waals surface area contributed by atoms with Crippen molar-refractivity contribution in [2.24, 2.45) is 10.9 Å². The zero-order chi connectivity index (χ0) is 28.6. The van der Waals surface area contributed by atoms with E-state index < -0.39 is 53.0 Å². The fraction of sp³-hybridized carbons (Fsp3) is 0.320. The number of carbonyl (C=O) groups excluding carboxylic acids is 2. The molecule has 1 fully saturated rings. The minimum Gasteiger partial charge on any atom is -0.497 e. The molecule has 2 atom stereocenters. The van der Waals surface area contributed by atoms with Gasteiger partial charge in [0.05, 0.1) is 26.2 Å². The second-order valence-electron chi connectivity index (χ2n) is 8.15. The first-order valence-electron chi connectivity index (χ1n) is 11.5. The van der Waals surface area contributed by atoms with Gasteiger partial charge in [-0.25, -0.2) is 13.8 Å². The van der Waals surface area contributed by atoms with Crippen molar-refractivity contribution in [2.45, 2.75) is 12.3 Å². The summed E-state index contributed by atoms with van der Waals surface area (Å²) in [5.41, 5.74) is 2.23. The number of nitrogens with one attached hydrogen (secondary N) is 2. The van der Waals surface area contributed by atoms with Gasteiger partial charge in [-0.1, -0.05) is 0 Å². The van der Waals surface area contributed by atoms with Crippen LogP contribution in [0.1, 0.15) is 21.8 Å². The molecule has 0 aliphatic carbocycles. The minimum absolute atomic E-state index is 0.0588. The Morgan fingerprint density at radius 2 is 1.77 bits per heavy atom. The Morgan fingerprint density at radius 1 is 1.10 bits per heavy atom. The van der Waals surface area contributed by atoms with Crippen molar-refractivity contribution in [1.82, 2.24) is 15.8 Å². The molecule has 39 heavy (non-hydrogen) atoms. The maximum absolute atomic E-state index is 14.9. The summed E-state index contributed by atoms with van der Waals surface area (Å²) >= 11 is 0. The van der Waals surface area contributed by atoms with E-state index in [0.717, 1.165) is 47.6 Å². The summed E-state index contributed by atoms with van der Waals surface area (Å²) in [5.74, 6) is -6.33. The standard InChI is InChI=1S/C25H25F5N4O5/c1-37-10-9-31-7-8-33-34-14-19(22-20(26)11-17(38-2)12-21(22)27)18(24(34)36)13-32-23(35)15-3-5-16(6-4-15)39-25(28,29)30/h3-8,11-13,18-19,31,33H,9-10,14H2,1-2H3/b8-7-,32-13?/t18?,19-/m1/s1. The first-order chi connectivity index (χ1) is 18.5. The second kappa shape index (κ2) is 13.0. The Hall–Kier alpha value is -4.20. The number of ether oxygens (including phenoxy) is 3. The fourth-order valence-corrected chi connectivity index (χ4v) is 3.79.